The lowest BCUT2D eigenvalue weighted by atomic mass is 10.1. The number of amides is 1. The second-order valence-electron chi connectivity index (χ2n) is 6.99. The van der Waals surface area contributed by atoms with E-state index in [1.165, 1.54) is 0 Å². The predicted molar refractivity (Wildman–Crippen MR) is 90.2 cm³/mol. The van der Waals surface area contributed by atoms with Crippen molar-refractivity contribution in [2.75, 3.05) is 32.7 Å². The summed E-state index contributed by atoms with van der Waals surface area (Å²) < 4.78 is 0. The molecule has 1 aromatic rings. The summed E-state index contributed by atoms with van der Waals surface area (Å²) in [5, 5.41) is 0.796. The SMILES string of the molecule is CC(C)CN1CCN(C(=O)C2CC2c2ccccc2Cl)CC1. The van der Waals surface area contributed by atoms with Crippen LogP contribution in [0.5, 0.6) is 0 Å². The maximum atomic E-state index is 12.6. The molecular formula is C18H25ClN2O. The van der Waals surface area contributed by atoms with Crippen molar-refractivity contribution in [1.82, 2.24) is 9.80 Å². The number of carbonyl (C=O) groups is 1. The van der Waals surface area contributed by atoms with E-state index in [4.69, 9.17) is 11.6 Å². The van der Waals surface area contributed by atoms with Crippen molar-refractivity contribution in [3.8, 4) is 0 Å². The predicted octanol–water partition coefficient (Wildman–Crippen LogP) is 3.24. The number of halogens is 1. The fraction of sp³-hybridized carbons (Fsp3) is 0.611. The lowest BCUT2D eigenvalue weighted by Gasteiger charge is -2.35. The topological polar surface area (TPSA) is 23.6 Å². The minimum atomic E-state index is 0.150. The smallest absolute Gasteiger partial charge is 0.226 e. The largest absolute Gasteiger partial charge is 0.340 e. The summed E-state index contributed by atoms with van der Waals surface area (Å²) in [6.45, 7) is 9.38. The van der Waals surface area contributed by atoms with Gasteiger partial charge in [0.15, 0.2) is 0 Å². The highest BCUT2D eigenvalue weighted by Gasteiger charge is 2.46. The maximum Gasteiger partial charge on any atom is 0.226 e. The van der Waals surface area contributed by atoms with Gasteiger partial charge < -0.3 is 4.90 Å². The fourth-order valence-electron chi connectivity index (χ4n) is 3.49. The van der Waals surface area contributed by atoms with Gasteiger partial charge in [0.1, 0.15) is 0 Å². The summed E-state index contributed by atoms with van der Waals surface area (Å²) in [7, 11) is 0. The van der Waals surface area contributed by atoms with Crippen molar-refractivity contribution in [2.24, 2.45) is 11.8 Å². The molecule has 1 saturated heterocycles. The van der Waals surface area contributed by atoms with Crippen LogP contribution in [0.3, 0.4) is 0 Å². The van der Waals surface area contributed by atoms with E-state index in [2.05, 4.69) is 29.7 Å². The first-order valence-corrected chi connectivity index (χ1v) is 8.69. The number of hydrogen-bond acceptors (Lipinski definition) is 2. The zero-order valence-corrected chi connectivity index (χ0v) is 14.2. The molecule has 1 aliphatic heterocycles. The van der Waals surface area contributed by atoms with E-state index in [0.717, 1.165) is 49.7 Å². The standard InChI is InChI=1S/C18H25ClN2O/c1-13(2)12-20-7-9-21(10-8-20)18(22)16-11-15(16)14-5-3-4-6-17(14)19/h3-6,13,15-16H,7-12H2,1-2H3. The lowest BCUT2D eigenvalue weighted by Crippen LogP contribution is -2.50. The molecular weight excluding hydrogens is 296 g/mol. The molecule has 1 amide bonds. The molecule has 1 aromatic carbocycles. The molecule has 0 bridgehead atoms. The van der Waals surface area contributed by atoms with E-state index in [0.29, 0.717) is 17.7 Å². The zero-order chi connectivity index (χ0) is 15.7. The second-order valence-corrected chi connectivity index (χ2v) is 7.40. The molecule has 2 fully saturated rings. The van der Waals surface area contributed by atoms with Gasteiger partial charge in [-0.25, -0.2) is 0 Å². The average Bonchev–Trinajstić information content (AvgIpc) is 3.27. The first-order valence-electron chi connectivity index (χ1n) is 8.32. The molecule has 0 aromatic heterocycles. The Kier molecular flexibility index (Phi) is 4.74. The number of hydrogen-bond donors (Lipinski definition) is 0. The Bertz CT molecular complexity index is 538. The third kappa shape index (κ3) is 3.47. The van der Waals surface area contributed by atoms with Gasteiger partial charge in [-0.3, -0.25) is 9.69 Å². The Morgan fingerprint density at radius 3 is 2.55 bits per heavy atom. The first kappa shape index (κ1) is 15.8. The zero-order valence-electron chi connectivity index (χ0n) is 13.5. The normalized spacial score (nSPS) is 25.5. The Hall–Kier alpha value is -1.06. The Morgan fingerprint density at radius 1 is 1.23 bits per heavy atom. The highest BCUT2D eigenvalue weighted by atomic mass is 35.5. The minimum Gasteiger partial charge on any atom is -0.340 e. The van der Waals surface area contributed by atoms with Crippen molar-refractivity contribution in [3.05, 3.63) is 34.9 Å². The molecule has 2 aliphatic rings. The van der Waals surface area contributed by atoms with E-state index < -0.39 is 0 Å². The lowest BCUT2D eigenvalue weighted by molar-refractivity contribution is -0.134. The number of piperazine rings is 1. The van der Waals surface area contributed by atoms with Crippen LogP contribution in [-0.2, 0) is 4.79 Å². The molecule has 2 unspecified atom stereocenters. The third-order valence-electron chi connectivity index (χ3n) is 4.72. The molecule has 0 spiro atoms. The van der Waals surface area contributed by atoms with Gasteiger partial charge >= 0.3 is 0 Å². The fourth-order valence-corrected chi connectivity index (χ4v) is 3.77. The summed E-state index contributed by atoms with van der Waals surface area (Å²) in [6.07, 6.45) is 0.953. The van der Waals surface area contributed by atoms with Crippen molar-refractivity contribution in [2.45, 2.75) is 26.2 Å². The van der Waals surface area contributed by atoms with E-state index in [1.807, 2.05) is 18.2 Å². The monoisotopic (exact) mass is 320 g/mol. The van der Waals surface area contributed by atoms with Crippen molar-refractivity contribution in [3.63, 3.8) is 0 Å². The van der Waals surface area contributed by atoms with Crippen molar-refractivity contribution in [1.29, 1.82) is 0 Å². The van der Waals surface area contributed by atoms with Crippen LogP contribution in [0, 0.1) is 11.8 Å². The second kappa shape index (κ2) is 6.59. The van der Waals surface area contributed by atoms with Crippen LogP contribution in [0.2, 0.25) is 5.02 Å². The van der Waals surface area contributed by atoms with Crippen LogP contribution in [0.4, 0.5) is 0 Å². The third-order valence-corrected chi connectivity index (χ3v) is 5.06. The van der Waals surface area contributed by atoms with Crippen LogP contribution in [0.15, 0.2) is 24.3 Å². The summed E-state index contributed by atoms with van der Waals surface area (Å²) in [6, 6.07) is 7.92. The number of nitrogens with zero attached hydrogens (tertiary/aromatic N) is 2. The molecule has 0 radical (unpaired) electrons. The molecule has 22 heavy (non-hydrogen) atoms. The Labute approximate surface area is 138 Å². The van der Waals surface area contributed by atoms with Gasteiger partial charge in [-0.1, -0.05) is 43.6 Å². The van der Waals surface area contributed by atoms with Gasteiger partial charge in [-0.05, 0) is 29.9 Å². The van der Waals surface area contributed by atoms with E-state index >= 15 is 0 Å². The first-order chi connectivity index (χ1) is 10.6. The number of carbonyl (C=O) groups excluding carboxylic acids is 1. The quantitative estimate of drug-likeness (QED) is 0.850. The average molecular weight is 321 g/mol. The van der Waals surface area contributed by atoms with Gasteiger partial charge in [0.25, 0.3) is 0 Å². The highest BCUT2D eigenvalue weighted by Crippen LogP contribution is 2.50. The molecule has 1 aliphatic carbocycles. The van der Waals surface area contributed by atoms with Gasteiger partial charge in [0.2, 0.25) is 5.91 Å². The highest BCUT2D eigenvalue weighted by molar-refractivity contribution is 6.31. The minimum absolute atomic E-state index is 0.150. The summed E-state index contributed by atoms with van der Waals surface area (Å²) in [5.74, 6) is 1.50. The Balaban J connectivity index is 1.53. The van der Waals surface area contributed by atoms with Gasteiger partial charge in [-0.2, -0.15) is 0 Å². The van der Waals surface area contributed by atoms with Crippen LogP contribution in [-0.4, -0.2) is 48.4 Å². The van der Waals surface area contributed by atoms with Crippen LogP contribution >= 0.6 is 11.6 Å². The van der Waals surface area contributed by atoms with E-state index in [9.17, 15) is 4.79 Å². The molecule has 4 heteroatoms. The molecule has 1 heterocycles. The van der Waals surface area contributed by atoms with E-state index in [-0.39, 0.29) is 5.92 Å². The maximum absolute atomic E-state index is 12.6. The Morgan fingerprint density at radius 2 is 1.91 bits per heavy atom. The van der Waals surface area contributed by atoms with Gasteiger partial charge in [0, 0.05) is 43.7 Å². The summed E-state index contributed by atoms with van der Waals surface area (Å²) >= 11 is 6.25. The summed E-state index contributed by atoms with van der Waals surface area (Å²) in [4.78, 5) is 17.2. The molecule has 1 saturated carbocycles. The van der Waals surface area contributed by atoms with Crippen LogP contribution < -0.4 is 0 Å². The number of rotatable bonds is 4. The van der Waals surface area contributed by atoms with E-state index in [1.54, 1.807) is 0 Å². The molecule has 3 rings (SSSR count). The van der Waals surface area contributed by atoms with Gasteiger partial charge in [0.05, 0.1) is 0 Å². The van der Waals surface area contributed by atoms with Crippen LogP contribution in [0.1, 0.15) is 31.7 Å². The van der Waals surface area contributed by atoms with Crippen molar-refractivity contribution < 1.29 is 4.79 Å². The summed E-state index contributed by atoms with van der Waals surface area (Å²) in [5.41, 5.74) is 1.14. The molecule has 3 nitrogen and oxygen atoms in total. The molecule has 0 N–H and O–H groups in total. The van der Waals surface area contributed by atoms with Gasteiger partial charge in [-0.15, -0.1) is 0 Å². The van der Waals surface area contributed by atoms with Crippen molar-refractivity contribution >= 4 is 17.5 Å². The molecule has 2 atom stereocenters. The molecule has 120 valence electrons. The van der Waals surface area contributed by atoms with Crippen LogP contribution in [0.25, 0.3) is 0 Å². The number of benzene rings is 1.